The Kier molecular flexibility index (Phi) is 6.85. The van der Waals surface area contributed by atoms with E-state index in [0.717, 1.165) is 23.9 Å². The molecule has 0 saturated heterocycles. The van der Waals surface area contributed by atoms with Gasteiger partial charge in [-0.3, -0.25) is 25.1 Å². The number of carbonyl (C=O) groups is 2. The molecule has 6 heteroatoms. The maximum Gasteiger partial charge on any atom is 0.269 e. The number of amides is 2. The molecule has 0 aliphatic heterocycles. The summed E-state index contributed by atoms with van der Waals surface area (Å²) in [5.74, 6) is -0.515. The van der Waals surface area contributed by atoms with E-state index in [9.17, 15) is 9.59 Å². The SMILES string of the molecule is O=C(NNC(=O)c1ccc2cn(CCC(c3ccccc3)c3ccccc3)nc2c1)c1ccccc1. The topological polar surface area (TPSA) is 76.0 Å². The highest BCUT2D eigenvalue weighted by molar-refractivity contribution is 6.00. The first-order chi connectivity index (χ1) is 17.7. The van der Waals surface area contributed by atoms with Crippen molar-refractivity contribution in [2.75, 3.05) is 0 Å². The molecule has 0 spiro atoms. The smallest absolute Gasteiger partial charge is 0.269 e. The molecule has 0 radical (unpaired) electrons. The predicted octanol–water partition coefficient (Wildman–Crippen LogP) is 5.33. The molecular weight excluding hydrogens is 448 g/mol. The van der Waals surface area contributed by atoms with Crippen LogP contribution in [0.3, 0.4) is 0 Å². The Balaban J connectivity index is 1.27. The molecule has 178 valence electrons. The van der Waals surface area contributed by atoms with E-state index in [0.29, 0.717) is 11.1 Å². The maximum atomic E-state index is 12.6. The number of hydrazine groups is 1. The van der Waals surface area contributed by atoms with Crippen LogP contribution in [0.15, 0.2) is 115 Å². The molecule has 0 fully saturated rings. The molecule has 0 unspecified atom stereocenters. The molecule has 4 aromatic carbocycles. The van der Waals surface area contributed by atoms with Crippen LogP contribution in [0.1, 0.15) is 44.2 Å². The van der Waals surface area contributed by atoms with Crippen molar-refractivity contribution in [1.29, 1.82) is 0 Å². The standard InChI is InChI=1S/C30H26N4O2/c35-29(24-14-8-3-9-15-24)31-32-30(36)25-16-17-26-21-34(33-28(26)20-25)19-18-27(22-10-4-1-5-11-22)23-12-6-2-7-13-23/h1-17,20-21,27H,18-19H2,(H,31,35)(H,32,36). The third kappa shape index (κ3) is 5.33. The summed E-state index contributed by atoms with van der Waals surface area (Å²) in [5, 5.41) is 5.66. The van der Waals surface area contributed by atoms with Crippen LogP contribution in [-0.2, 0) is 6.54 Å². The minimum absolute atomic E-state index is 0.259. The predicted molar refractivity (Wildman–Crippen MR) is 140 cm³/mol. The highest BCUT2D eigenvalue weighted by Gasteiger charge is 2.15. The van der Waals surface area contributed by atoms with Crippen molar-refractivity contribution in [1.82, 2.24) is 20.6 Å². The zero-order valence-electron chi connectivity index (χ0n) is 19.7. The minimum Gasteiger partial charge on any atom is -0.271 e. The van der Waals surface area contributed by atoms with E-state index in [1.54, 1.807) is 36.4 Å². The van der Waals surface area contributed by atoms with Crippen molar-refractivity contribution in [2.45, 2.75) is 18.9 Å². The number of aryl methyl sites for hydroxylation is 1. The van der Waals surface area contributed by atoms with Gasteiger partial charge in [-0.15, -0.1) is 0 Å². The number of benzene rings is 4. The second-order valence-corrected chi connectivity index (χ2v) is 8.60. The first-order valence-corrected chi connectivity index (χ1v) is 11.9. The Hall–Kier alpha value is -4.71. The van der Waals surface area contributed by atoms with Crippen LogP contribution in [0, 0.1) is 0 Å². The van der Waals surface area contributed by atoms with Crippen molar-refractivity contribution in [3.8, 4) is 0 Å². The average Bonchev–Trinajstić information content (AvgIpc) is 3.35. The van der Waals surface area contributed by atoms with Crippen LogP contribution >= 0.6 is 0 Å². The quantitative estimate of drug-likeness (QED) is 0.313. The van der Waals surface area contributed by atoms with E-state index in [1.807, 2.05) is 35.1 Å². The Bertz CT molecular complexity index is 1430. The van der Waals surface area contributed by atoms with Crippen LogP contribution in [0.4, 0.5) is 0 Å². The van der Waals surface area contributed by atoms with E-state index in [4.69, 9.17) is 5.10 Å². The van der Waals surface area contributed by atoms with Crippen LogP contribution < -0.4 is 10.9 Å². The van der Waals surface area contributed by atoms with Gasteiger partial charge in [0.05, 0.1) is 5.52 Å². The number of rotatable bonds is 7. The van der Waals surface area contributed by atoms with Crippen molar-refractivity contribution >= 4 is 22.7 Å². The maximum absolute atomic E-state index is 12.6. The molecule has 2 N–H and O–H groups in total. The molecule has 1 aromatic heterocycles. The first kappa shape index (κ1) is 23.1. The number of nitrogens with one attached hydrogen (secondary N) is 2. The number of aromatic nitrogens is 2. The lowest BCUT2D eigenvalue weighted by Crippen LogP contribution is -2.41. The lowest BCUT2D eigenvalue weighted by atomic mass is 9.88. The van der Waals surface area contributed by atoms with Gasteiger partial charge in [0.25, 0.3) is 11.8 Å². The van der Waals surface area contributed by atoms with Gasteiger partial charge in [-0.2, -0.15) is 5.10 Å². The van der Waals surface area contributed by atoms with E-state index < -0.39 is 5.91 Å². The van der Waals surface area contributed by atoms with Crippen molar-refractivity contribution in [2.24, 2.45) is 0 Å². The average molecular weight is 475 g/mol. The molecule has 5 rings (SSSR count). The fourth-order valence-electron chi connectivity index (χ4n) is 4.33. The molecular formula is C30H26N4O2. The summed E-state index contributed by atoms with van der Waals surface area (Å²) in [6.07, 6.45) is 2.89. The zero-order chi connectivity index (χ0) is 24.7. The number of hydrogen-bond donors (Lipinski definition) is 2. The van der Waals surface area contributed by atoms with Crippen molar-refractivity contribution < 1.29 is 9.59 Å². The van der Waals surface area contributed by atoms with Gasteiger partial charge >= 0.3 is 0 Å². The highest BCUT2D eigenvalue weighted by atomic mass is 16.2. The summed E-state index contributed by atoms with van der Waals surface area (Å²) in [4.78, 5) is 24.8. The van der Waals surface area contributed by atoms with E-state index in [2.05, 4.69) is 59.4 Å². The Labute approximate surface area is 209 Å². The fraction of sp³-hybridized carbons (Fsp3) is 0.100. The normalized spacial score (nSPS) is 10.9. The summed E-state index contributed by atoms with van der Waals surface area (Å²) < 4.78 is 1.93. The molecule has 0 atom stereocenters. The summed E-state index contributed by atoms with van der Waals surface area (Å²) in [6.45, 7) is 0.734. The largest absolute Gasteiger partial charge is 0.271 e. The van der Waals surface area contributed by atoms with Gasteiger partial charge in [0.15, 0.2) is 0 Å². The Morgan fingerprint density at radius 3 is 1.86 bits per heavy atom. The Morgan fingerprint density at radius 2 is 1.25 bits per heavy atom. The molecule has 5 aromatic rings. The number of fused-ring (bicyclic) bond motifs is 1. The molecule has 0 aliphatic rings. The van der Waals surface area contributed by atoms with Gasteiger partial charge in [-0.25, -0.2) is 0 Å². The van der Waals surface area contributed by atoms with Gasteiger partial charge in [0, 0.05) is 35.2 Å². The summed E-state index contributed by atoms with van der Waals surface area (Å²) in [7, 11) is 0. The third-order valence-electron chi connectivity index (χ3n) is 6.19. The zero-order valence-corrected chi connectivity index (χ0v) is 19.7. The molecule has 0 aliphatic carbocycles. The van der Waals surface area contributed by atoms with Gasteiger partial charge in [-0.1, -0.05) is 84.9 Å². The van der Waals surface area contributed by atoms with Crippen LogP contribution in [-0.4, -0.2) is 21.6 Å². The molecule has 2 amide bonds. The monoisotopic (exact) mass is 474 g/mol. The highest BCUT2D eigenvalue weighted by Crippen LogP contribution is 2.28. The van der Waals surface area contributed by atoms with Crippen LogP contribution in [0.2, 0.25) is 0 Å². The molecule has 36 heavy (non-hydrogen) atoms. The molecule has 1 heterocycles. The van der Waals surface area contributed by atoms with Crippen molar-refractivity contribution in [3.05, 3.63) is 138 Å². The summed E-state index contributed by atoms with van der Waals surface area (Å²) in [5.41, 5.74) is 9.09. The minimum atomic E-state index is -0.399. The van der Waals surface area contributed by atoms with Crippen LogP contribution in [0.5, 0.6) is 0 Å². The fourth-order valence-corrected chi connectivity index (χ4v) is 4.33. The molecule has 0 saturated carbocycles. The number of carbonyl (C=O) groups excluding carboxylic acids is 2. The molecule has 6 nitrogen and oxygen atoms in total. The van der Waals surface area contributed by atoms with Gasteiger partial charge in [0.2, 0.25) is 0 Å². The number of nitrogens with zero attached hydrogens (tertiary/aromatic N) is 2. The molecule has 0 bridgehead atoms. The second kappa shape index (κ2) is 10.7. The Morgan fingerprint density at radius 1 is 0.694 bits per heavy atom. The second-order valence-electron chi connectivity index (χ2n) is 8.60. The van der Waals surface area contributed by atoms with Gasteiger partial charge < -0.3 is 0 Å². The van der Waals surface area contributed by atoms with E-state index in [-0.39, 0.29) is 11.8 Å². The van der Waals surface area contributed by atoms with E-state index in [1.165, 1.54) is 11.1 Å². The van der Waals surface area contributed by atoms with Crippen molar-refractivity contribution in [3.63, 3.8) is 0 Å². The lowest BCUT2D eigenvalue weighted by Gasteiger charge is -2.18. The van der Waals surface area contributed by atoms with Gasteiger partial charge in [-0.05, 0) is 41.8 Å². The summed E-state index contributed by atoms with van der Waals surface area (Å²) in [6, 6.07) is 35.1. The first-order valence-electron chi connectivity index (χ1n) is 11.9. The van der Waals surface area contributed by atoms with Crippen LogP contribution in [0.25, 0.3) is 10.9 Å². The summed E-state index contributed by atoms with van der Waals surface area (Å²) >= 11 is 0. The third-order valence-corrected chi connectivity index (χ3v) is 6.19. The van der Waals surface area contributed by atoms with E-state index >= 15 is 0 Å². The number of hydrogen-bond acceptors (Lipinski definition) is 3. The lowest BCUT2D eigenvalue weighted by molar-refractivity contribution is 0.0847. The van der Waals surface area contributed by atoms with Gasteiger partial charge in [0.1, 0.15) is 0 Å².